The molecule has 122 valence electrons. The van der Waals surface area contributed by atoms with Crippen molar-refractivity contribution in [3.63, 3.8) is 0 Å². The Morgan fingerprint density at radius 1 is 1.45 bits per heavy atom. The number of amides is 1. The lowest BCUT2D eigenvalue weighted by Gasteiger charge is -2.32. The number of hydrogen-bond donors (Lipinski definition) is 1. The zero-order chi connectivity index (χ0) is 14.7. The predicted molar refractivity (Wildman–Crippen MR) is 91.9 cm³/mol. The van der Waals surface area contributed by atoms with Crippen molar-refractivity contribution in [1.29, 1.82) is 0 Å². The quantitative estimate of drug-likeness (QED) is 0.906. The van der Waals surface area contributed by atoms with Crippen molar-refractivity contribution >= 4 is 34.6 Å². The maximum absolute atomic E-state index is 12.4. The Morgan fingerprint density at radius 3 is 2.91 bits per heavy atom. The molecule has 0 radical (unpaired) electrons. The topological polar surface area (TPSA) is 49.6 Å². The minimum atomic E-state index is 0. The summed E-state index contributed by atoms with van der Waals surface area (Å²) in [6.07, 6.45) is 7.85. The molecule has 0 atom stereocenters. The van der Waals surface area contributed by atoms with E-state index < -0.39 is 0 Å². The van der Waals surface area contributed by atoms with Gasteiger partial charge in [0.25, 0.3) is 0 Å². The second-order valence-corrected chi connectivity index (χ2v) is 6.59. The Kier molecular flexibility index (Phi) is 6.23. The lowest BCUT2D eigenvalue weighted by molar-refractivity contribution is -0.131. The zero-order valence-corrected chi connectivity index (χ0v) is 14.5. The second kappa shape index (κ2) is 7.94. The van der Waals surface area contributed by atoms with Crippen LogP contribution >= 0.6 is 23.7 Å². The molecule has 22 heavy (non-hydrogen) atoms. The van der Waals surface area contributed by atoms with Crippen molar-refractivity contribution in [2.75, 3.05) is 26.7 Å². The first-order valence-corrected chi connectivity index (χ1v) is 8.47. The average Bonchev–Trinajstić information content (AvgIpc) is 3.06. The number of fused-ring (bicyclic) bond motifs is 1. The molecule has 0 aromatic carbocycles. The van der Waals surface area contributed by atoms with E-state index in [1.807, 2.05) is 34.1 Å². The van der Waals surface area contributed by atoms with Gasteiger partial charge in [0.15, 0.2) is 4.96 Å². The number of nitrogens with zero attached hydrogens (tertiary/aromatic N) is 3. The molecule has 1 N–H and O–H groups in total. The van der Waals surface area contributed by atoms with Gasteiger partial charge in [-0.1, -0.05) is 0 Å². The van der Waals surface area contributed by atoms with Gasteiger partial charge >= 0.3 is 0 Å². The van der Waals surface area contributed by atoms with Gasteiger partial charge in [-0.05, 0) is 38.8 Å². The van der Waals surface area contributed by atoms with E-state index in [0.717, 1.165) is 49.0 Å². The zero-order valence-electron chi connectivity index (χ0n) is 12.8. The summed E-state index contributed by atoms with van der Waals surface area (Å²) in [5.74, 6) is 0.979. The normalized spacial score (nSPS) is 16.0. The Morgan fingerprint density at radius 2 is 2.23 bits per heavy atom. The molecule has 2 aromatic rings. The number of carbonyl (C=O) groups excluding carboxylic acids is 1. The van der Waals surface area contributed by atoms with E-state index in [1.54, 1.807) is 11.3 Å². The van der Waals surface area contributed by atoms with E-state index in [2.05, 4.69) is 10.3 Å². The van der Waals surface area contributed by atoms with Crippen molar-refractivity contribution in [3.05, 3.63) is 23.5 Å². The lowest BCUT2D eigenvalue weighted by atomic mass is 9.93. The summed E-state index contributed by atoms with van der Waals surface area (Å²) in [4.78, 5) is 19.8. The molecule has 3 rings (SSSR count). The summed E-state index contributed by atoms with van der Waals surface area (Å²) in [6.45, 7) is 2.87. The Bertz CT molecular complexity index is 575. The smallest absolute Gasteiger partial charge is 0.228 e. The van der Waals surface area contributed by atoms with Crippen LogP contribution in [0.15, 0.2) is 17.8 Å². The van der Waals surface area contributed by atoms with E-state index in [0.29, 0.717) is 6.42 Å². The lowest BCUT2D eigenvalue weighted by Crippen LogP contribution is -2.39. The average molecular weight is 343 g/mol. The fraction of sp³-hybridized carbons (Fsp3) is 0.600. The molecule has 1 aliphatic heterocycles. The summed E-state index contributed by atoms with van der Waals surface area (Å²) in [7, 11) is 1.99. The van der Waals surface area contributed by atoms with Gasteiger partial charge in [0, 0.05) is 30.9 Å². The first-order chi connectivity index (χ1) is 10.3. The second-order valence-electron chi connectivity index (χ2n) is 5.72. The van der Waals surface area contributed by atoms with Gasteiger partial charge in [0.05, 0.1) is 12.1 Å². The molecule has 0 saturated carbocycles. The summed E-state index contributed by atoms with van der Waals surface area (Å²) in [5.41, 5.74) is 0.879. The minimum absolute atomic E-state index is 0. The third-order valence-electron chi connectivity index (χ3n) is 4.25. The van der Waals surface area contributed by atoms with Crippen LogP contribution in [0, 0.1) is 5.92 Å². The number of thiazole rings is 1. The van der Waals surface area contributed by atoms with Crippen LogP contribution in [0.5, 0.6) is 0 Å². The Balaban J connectivity index is 0.00000176. The number of rotatable bonds is 5. The van der Waals surface area contributed by atoms with E-state index in [-0.39, 0.29) is 18.3 Å². The van der Waals surface area contributed by atoms with E-state index in [9.17, 15) is 4.79 Å². The van der Waals surface area contributed by atoms with Crippen molar-refractivity contribution in [3.8, 4) is 0 Å². The maximum atomic E-state index is 12.4. The molecule has 1 aliphatic rings. The van der Waals surface area contributed by atoms with Gasteiger partial charge in [-0.2, -0.15) is 0 Å². The highest BCUT2D eigenvalue weighted by atomic mass is 35.5. The molecule has 3 heterocycles. The van der Waals surface area contributed by atoms with Gasteiger partial charge < -0.3 is 10.2 Å². The number of likely N-dealkylation sites (tertiary alicyclic amines) is 1. The highest BCUT2D eigenvalue weighted by Gasteiger charge is 2.23. The largest absolute Gasteiger partial charge is 0.342 e. The van der Waals surface area contributed by atoms with Crippen LogP contribution in [0.1, 0.15) is 25.0 Å². The first-order valence-electron chi connectivity index (χ1n) is 7.59. The standard InChI is InChI=1S/C15H22N4OS.ClH/c1-16-5-2-12-3-6-18(7-4-12)14(20)10-13-11-19-8-9-21-15(19)17-13;/h8-9,11-12,16H,2-7,10H2,1H3;1H. The predicted octanol–water partition coefficient (Wildman–Crippen LogP) is 2.21. The molecular formula is C15H23ClN4OS. The molecule has 0 spiro atoms. The Hall–Kier alpha value is -1.11. The van der Waals surface area contributed by atoms with Crippen molar-refractivity contribution < 1.29 is 4.79 Å². The van der Waals surface area contributed by atoms with Crippen LogP contribution in [-0.2, 0) is 11.2 Å². The summed E-state index contributed by atoms with van der Waals surface area (Å²) in [6, 6.07) is 0. The van der Waals surface area contributed by atoms with Crippen molar-refractivity contribution in [2.45, 2.75) is 25.7 Å². The molecule has 1 fully saturated rings. The molecular weight excluding hydrogens is 320 g/mol. The molecule has 7 heteroatoms. The maximum Gasteiger partial charge on any atom is 0.228 e. The van der Waals surface area contributed by atoms with Crippen LogP contribution in [-0.4, -0.2) is 46.9 Å². The van der Waals surface area contributed by atoms with Gasteiger partial charge in [-0.3, -0.25) is 9.20 Å². The summed E-state index contributed by atoms with van der Waals surface area (Å²) < 4.78 is 1.98. The Labute approximate surface area is 141 Å². The van der Waals surface area contributed by atoms with Crippen LogP contribution in [0.4, 0.5) is 0 Å². The number of halogens is 1. The van der Waals surface area contributed by atoms with Gasteiger partial charge in [-0.15, -0.1) is 23.7 Å². The third-order valence-corrected chi connectivity index (χ3v) is 5.02. The number of piperidine rings is 1. The van der Waals surface area contributed by atoms with Gasteiger partial charge in [-0.25, -0.2) is 4.98 Å². The molecule has 0 unspecified atom stereocenters. The number of aromatic nitrogens is 2. The third kappa shape index (κ3) is 4.00. The van der Waals surface area contributed by atoms with Crippen molar-refractivity contribution in [2.24, 2.45) is 5.92 Å². The molecule has 1 saturated heterocycles. The van der Waals surface area contributed by atoms with E-state index >= 15 is 0 Å². The van der Waals surface area contributed by atoms with Crippen LogP contribution in [0.25, 0.3) is 4.96 Å². The van der Waals surface area contributed by atoms with Crippen LogP contribution < -0.4 is 5.32 Å². The molecule has 5 nitrogen and oxygen atoms in total. The highest BCUT2D eigenvalue weighted by Crippen LogP contribution is 2.21. The van der Waals surface area contributed by atoms with Crippen molar-refractivity contribution in [1.82, 2.24) is 19.6 Å². The molecule has 1 amide bonds. The SMILES string of the molecule is CNCCC1CCN(C(=O)Cc2cn3ccsc3n2)CC1.Cl. The van der Waals surface area contributed by atoms with E-state index in [1.165, 1.54) is 6.42 Å². The van der Waals surface area contributed by atoms with Crippen LogP contribution in [0.2, 0.25) is 0 Å². The fourth-order valence-electron chi connectivity index (χ4n) is 2.95. The van der Waals surface area contributed by atoms with Gasteiger partial charge in [0.2, 0.25) is 5.91 Å². The summed E-state index contributed by atoms with van der Waals surface area (Å²) in [5, 5.41) is 5.21. The minimum Gasteiger partial charge on any atom is -0.342 e. The summed E-state index contributed by atoms with van der Waals surface area (Å²) >= 11 is 1.60. The molecule has 0 aliphatic carbocycles. The monoisotopic (exact) mass is 342 g/mol. The molecule has 2 aromatic heterocycles. The number of carbonyl (C=O) groups is 1. The number of imidazole rings is 1. The van der Waals surface area contributed by atoms with E-state index in [4.69, 9.17) is 0 Å². The number of hydrogen-bond acceptors (Lipinski definition) is 4. The number of nitrogens with one attached hydrogen (secondary N) is 1. The van der Waals surface area contributed by atoms with Gasteiger partial charge in [0.1, 0.15) is 0 Å². The first kappa shape index (κ1) is 17.2. The fourth-order valence-corrected chi connectivity index (χ4v) is 3.67. The van der Waals surface area contributed by atoms with Crippen LogP contribution in [0.3, 0.4) is 0 Å². The molecule has 0 bridgehead atoms. The highest BCUT2D eigenvalue weighted by molar-refractivity contribution is 7.15.